The van der Waals surface area contributed by atoms with Gasteiger partial charge in [0.2, 0.25) is 0 Å². The van der Waals surface area contributed by atoms with E-state index in [4.69, 9.17) is 0 Å². The number of amides is 1. The molecule has 1 aliphatic carbocycles. The van der Waals surface area contributed by atoms with E-state index in [0.29, 0.717) is 28.8 Å². The van der Waals surface area contributed by atoms with Crippen LogP contribution in [0.3, 0.4) is 0 Å². The number of aromatic nitrogens is 6. The molecule has 2 aromatic carbocycles. The van der Waals surface area contributed by atoms with Gasteiger partial charge in [-0.3, -0.25) is 20.0 Å². The van der Waals surface area contributed by atoms with E-state index in [1.54, 1.807) is 31.2 Å². The zero-order valence-corrected chi connectivity index (χ0v) is 17.0. The summed E-state index contributed by atoms with van der Waals surface area (Å²) in [5.74, 6) is 1.61. The zero-order chi connectivity index (χ0) is 22.2. The monoisotopic (exact) mass is 430 g/mol. The number of carbonyl (C=O) groups excluding carboxylic acids is 1. The highest BCUT2D eigenvalue weighted by molar-refractivity contribution is 6.03. The predicted octanol–water partition coefficient (Wildman–Crippen LogP) is 3.40. The number of non-ortho nitro benzene ring substituents is 1. The summed E-state index contributed by atoms with van der Waals surface area (Å²) in [5.41, 5.74) is 2.40. The van der Waals surface area contributed by atoms with Crippen LogP contribution in [0.15, 0.2) is 48.5 Å². The van der Waals surface area contributed by atoms with Crippen LogP contribution < -0.4 is 5.32 Å². The first kappa shape index (κ1) is 19.5. The first-order valence-electron chi connectivity index (χ1n) is 10.0. The molecule has 5 rings (SSSR count). The summed E-state index contributed by atoms with van der Waals surface area (Å²) in [7, 11) is 0. The molecule has 11 nitrogen and oxygen atoms in total. The molecule has 160 valence electrons. The fraction of sp³-hybridized carbons (Fsp3) is 0.190. The normalized spacial score (nSPS) is 13.2. The van der Waals surface area contributed by atoms with Crippen LogP contribution in [0, 0.1) is 17.0 Å². The number of aromatic amines is 1. The molecule has 0 aliphatic heterocycles. The van der Waals surface area contributed by atoms with E-state index in [1.807, 2.05) is 12.1 Å². The minimum absolute atomic E-state index is 0.0702. The predicted molar refractivity (Wildman–Crippen MR) is 114 cm³/mol. The van der Waals surface area contributed by atoms with Gasteiger partial charge in [-0.2, -0.15) is 5.10 Å². The standard InChI is InChI=1S/C21H18N8O3/c1-12-18(24-27-28(12)16-3-2-4-17(11-16)29(31)32)21(30)22-15-9-7-14(8-10-15)20-23-19(25-26-20)13-5-6-13/h2-4,7-11,13H,5-6H2,1H3,(H,22,30)(H,23,25,26). The van der Waals surface area contributed by atoms with E-state index < -0.39 is 10.8 Å². The Morgan fingerprint density at radius 2 is 2.00 bits per heavy atom. The molecule has 2 heterocycles. The van der Waals surface area contributed by atoms with E-state index in [0.717, 1.165) is 24.2 Å². The summed E-state index contributed by atoms with van der Waals surface area (Å²) >= 11 is 0. The molecule has 0 saturated heterocycles. The number of nitrogens with zero attached hydrogens (tertiary/aromatic N) is 6. The van der Waals surface area contributed by atoms with Crippen LogP contribution in [-0.4, -0.2) is 41.0 Å². The Labute approximate surface area is 181 Å². The van der Waals surface area contributed by atoms with Gasteiger partial charge in [0.25, 0.3) is 11.6 Å². The first-order valence-corrected chi connectivity index (χ1v) is 10.0. The quantitative estimate of drug-likeness (QED) is 0.352. The maximum absolute atomic E-state index is 12.7. The van der Waals surface area contributed by atoms with Crippen molar-refractivity contribution in [3.05, 3.63) is 75.9 Å². The number of rotatable bonds is 6. The van der Waals surface area contributed by atoms with Crippen LogP contribution in [0.4, 0.5) is 11.4 Å². The Morgan fingerprint density at radius 1 is 1.22 bits per heavy atom. The van der Waals surface area contributed by atoms with Crippen LogP contribution in [0.2, 0.25) is 0 Å². The number of anilines is 1. The minimum Gasteiger partial charge on any atom is -0.321 e. The average molecular weight is 430 g/mol. The van der Waals surface area contributed by atoms with E-state index in [-0.39, 0.29) is 11.4 Å². The molecule has 0 radical (unpaired) electrons. The molecular formula is C21H18N8O3. The number of nitro benzene ring substituents is 1. The number of hydrogen-bond acceptors (Lipinski definition) is 7. The second-order valence-electron chi connectivity index (χ2n) is 7.56. The molecule has 11 heteroatoms. The SMILES string of the molecule is Cc1c(C(=O)Nc2ccc(-c3n[nH]c(C4CC4)n3)cc2)nnn1-c1cccc([N+](=O)[O-])c1. The van der Waals surface area contributed by atoms with E-state index in [2.05, 4.69) is 30.8 Å². The van der Waals surface area contributed by atoms with Gasteiger partial charge in [-0.25, -0.2) is 9.67 Å². The van der Waals surface area contributed by atoms with Crippen molar-refractivity contribution < 1.29 is 9.72 Å². The Bertz CT molecular complexity index is 1320. The van der Waals surface area contributed by atoms with Crippen molar-refractivity contribution in [2.45, 2.75) is 25.7 Å². The smallest absolute Gasteiger partial charge is 0.278 e. The number of nitrogens with one attached hydrogen (secondary N) is 2. The molecule has 2 aromatic heterocycles. The van der Waals surface area contributed by atoms with Crippen molar-refractivity contribution in [3.8, 4) is 17.1 Å². The summed E-state index contributed by atoms with van der Waals surface area (Å²) in [5, 5.41) is 29.0. The van der Waals surface area contributed by atoms with Gasteiger partial charge in [0, 0.05) is 29.3 Å². The second-order valence-corrected chi connectivity index (χ2v) is 7.56. The molecule has 0 spiro atoms. The maximum Gasteiger partial charge on any atom is 0.278 e. The lowest BCUT2D eigenvalue weighted by Gasteiger charge is -2.06. The molecule has 32 heavy (non-hydrogen) atoms. The van der Waals surface area contributed by atoms with Gasteiger partial charge in [-0.15, -0.1) is 5.10 Å². The fourth-order valence-electron chi connectivity index (χ4n) is 3.36. The van der Waals surface area contributed by atoms with Crippen molar-refractivity contribution >= 4 is 17.3 Å². The fourth-order valence-corrected chi connectivity index (χ4v) is 3.36. The topological polar surface area (TPSA) is 145 Å². The molecule has 1 aliphatic rings. The summed E-state index contributed by atoms with van der Waals surface area (Å²) in [6.45, 7) is 1.68. The summed E-state index contributed by atoms with van der Waals surface area (Å²) < 4.78 is 1.39. The molecule has 0 bridgehead atoms. The van der Waals surface area contributed by atoms with Crippen LogP contribution >= 0.6 is 0 Å². The van der Waals surface area contributed by atoms with Crippen LogP contribution in [0.25, 0.3) is 17.1 Å². The van der Waals surface area contributed by atoms with Crippen molar-refractivity contribution in [1.82, 2.24) is 30.2 Å². The molecule has 1 fully saturated rings. The van der Waals surface area contributed by atoms with E-state index >= 15 is 0 Å². The van der Waals surface area contributed by atoms with Gasteiger partial charge in [0.1, 0.15) is 5.82 Å². The Balaban J connectivity index is 1.32. The summed E-state index contributed by atoms with van der Waals surface area (Å²) in [4.78, 5) is 27.8. The lowest BCUT2D eigenvalue weighted by atomic mass is 10.2. The van der Waals surface area contributed by atoms with Crippen LogP contribution in [0.5, 0.6) is 0 Å². The zero-order valence-electron chi connectivity index (χ0n) is 17.0. The highest BCUT2D eigenvalue weighted by Gasteiger charge is 2.27. The highest BCUT2D eigenvalue weighted by atomic mass is 16.6. The van der Waals surface area contributed by atoms with Gasteiger partial charge in [-0.1, -0.05) is 11.3 Å². The number of hydrogen-bond donors (Lipinski definition) is 2. The third kappa shape index (κ3) is 3.71. The van der Waals surface area contributed by atoms with Gasteiger partial charge in [0.05, 0.1) is 16.3 Å². The van der Waals surface area contributed by atoms with Gasteiger partial charge >= 0.3 is 0 Å². The maximum atomic E-state index is 12.7. The van der Waals surface area contributed by atoms with Gasteiger partial charge in [0.15, 0.2) is 11.5 Å². The highest BCUT2D eigenvalue weighted by Crippen LogP contribution is 2.38. The first-order chi connectivity index (χ1) is 15.5. The lowest BCUT2D eigenvalue weighted by molar-refractivity contribution is -0.384. The number of nitro groups is 1. The minimum atomic E-state index is -0.488. The molecule has 0 unspecified atom stereocenters. The molecule has 1 saturated carbocycles. The van der Waals surface area contributed by atoms with E-state index in [1.165, 1.54) is 16.8 Å². The summed E-state index contributed by atoms with van der Waals surface area (Å²) in [6.07, 6.45) is 2.29. The van der Waals surface area contributed by atoms with Gasteiger partial charge < -0.3 is 5.32 Å². The summed E-state index contributed by atoms with van der Waals surface area (Å²) in [6, 6.07) is 13.2. The van der Waals surface area contributed by atoms with Crippen molar-refractivity contribution in [1.29, 1.82) is 0 Å². The molecular weight excluding hydrogens is 412 g/mol. The Kier molecular flexibility index (Phi) is 4.70. The Hall–Kier alpha value is -4.41. The lowest BCUT2D eigenvalue weighted by Crippen LogP contribution is -2.14. The number of benzene rings is 2. The Morgan fingerprint density at radius 3 is 2.72 bits per heavy atom. The molecule has 0 atom stereocenters. The molecule has 2 N–H and O–H groups in total. The van der Waals surface area contributed by atoms with Crippen molar-refractivity contribution in [2.75, 3.05) is 5.32 Å². The van der Waals surface area contributed by atoms with Crippen molar-refractivity contribution in [2.24, 2.45) is 0 Å². The average Bonchev–Trinajstić information content (AvgIpc) is 3.40. The van der Waals surface area contributed by atoms with Crippen LogP contribution in [-0.2, 0) is 0 Å². The third-order valence-electron chi connectivity index (χ3n) is 5.26. The number of H-pyrrole nitrogens is 1. The van der Waals surface area contributed by atoms with Gasteiger partial charge in [-0.05, 0) is 50.1 Å². The second kappa shape index (κ2) is 7.69. The van der Waals surface area contributed by atoms with Crippen molar-refractivity contribution in [3.63, 3.8) is 0 Å². The third-order valence-corrected chi connectivity index (χ3v) is 5.26. The van der Waals surface area contributed by atoms with Crippen LogP contribution in [0.1, 0.15) is 40.8 Å². The number of carbonyl (C=O) groups is 1. The molecule has 4 aromatic rings. The largest absolute Gasteiger partial charge is 0.321 e. The van der Waals surface area contributed by atoms with E-state index in [9.17, 15) is 14.9 Å². The molecule has 1 amide bonds.